The summed E-state index contributed by atoms with van der Waals surface area (Å²) in [6.45, 7) is 0.839. The lowest BCUT2D eigenvalue weighted by Gasteiger charge is -2.22. The Balaban J connectivity index is 1.84. The van der Waals surface area contributed by atoms with Crippen molar-refractivity contribution in [2.45, 2.75) is 51.7 Å². The number of hydrogen-bond donors (Lipinski definition) is 2. The first-order valence-electron chi connectivity index (χ1n) is 7.46. The van der Waals surface area contributed by atoms with Crippen molar-refractivity contribution in [1.82, 2.24) is 14.5 Å². The second kappa shape index (κ2) is 5.79. The van der Waals surface area contributed by atoms with Crippen molar-refractivity contribution in [2.75, 3.05) is 0 Å². The van der Waals surface area contributed by atoms with Crippen LogP contribution in [0.3, 0.4) is 0 Å². The molecule has 0 spiro atoms. The van der Waals surface area contributed by atoms with Crippen molar-refractivity contribution < 1.29 is 5.11 Å². The number of H-pyrrole nitrogens is 1. The van der Waals surface area contributed by atoms with Gasteiger partial charge in [0.2, 0.25) is 0 Å². The van der Waals surface area contributed by atoms with E-state index in [1.54, 1.807) is 6.20 Å². The van der Waals surface area contributed by atoms with Gasteiger partial charge in [-0.05, 0) is 18.4 Å². The number of nitrogens with zero attached hydrogens (tertiary/aromatic N) is 2. The van der Waals surface area contributed by atoms with Crippen LogP contribution >= 0.6 is 0 Å². The van der Waals surface area contributed by atoms with Crippen LogP contribution in [0.5, 0.6) is 0 Å². The van der Waals surface area contributed by atoms with Crippen LogP contribution in [0.2, 0.25) is 0 Å². The number of aromatic amines is 1. The van der Waals surface area contributed by atoms with Gasteiger partial charge in [-0.1, -0.05) is 32.1 Å². The fraction of sp³-hybridized carbons (Fsp3) is 0.600. The molecule has 1 saturated carbocycles. The van der Waals surface area contributed by atoms with Gasteiger partial charge in [-0.15, -0.1) is 0 Å². The van der Waals surface area contributed by atoms with E-state index in [0.29, 0.717) is 0 Å². The van der Waals surface area contributed by atoms with E-state index in [1.807, 2.05) is 10.6 Å². The summed E-state index contributed by atoms with van der Waals surface area (Å²) in [5.41, 5.74) is 1.29. The molecule has 5 heteroatoms. The lowest BCUT2D eigenvalue weighted by molar-refractivity contribution is 0.266. The Hall–Kier alpha value is -1.62. The molecule has 1 fully saturated rings. The van der Waals surface area contributed by atoms with E-state index in [9.17, 15) is 9.90 Å². The Morgan fingerprint density at radius 1 is 1.35 bits per heavy atom. The number of rotatable bonds is 4. The van der Waals surface area contributed by atoms with Gasteiger partial charge in [-0.2, -0.15) is 0 Å². The highest BCUT2D eigenvalue weighted by Crippen LogP contribution is 2.27. The molecule has 0 aliphatic heterocycles. The lowest BCUT2D eigenvalue weighted by Crippen LogP contribution is -2.14. The van der Waals surface area contributed by atoms with Gasteiger partial charge >= 0.3 is 5.69 Å². The minimum atomic E-state index is -0.334. The minimum absolute atomic E-state index is 0.0125. The van der Waals surface area contributed by atoms with Crippen molar-refractivity contribution in [3.63, 3.8) is 0 Å². The largest absolute Gasteiger partial charge is 0.390 e. The molecule has 0 radical (unpaired) electrons. The van der Waals surface area contributed by atoms with Crippen LogP contribution < -0.4 is 5.69 Å². The molecule has 2 aromatic heterocycles. The fourth-order valence-electron chi connectivity index (χ4n) is 3.30. The highest BCUT2D eigenvalue weighted by molar-refractivity contribution is 5.76. The number of aryl methyl sites for hydroxylation is 1. The predicted molar refractivity (Wildman–Crippen MR) is 77.5 cm³/mol. The number of nitrogens with one attached hydrogen (secondary N) is 1. The summed E-state index contributed by atoms with van der Waals surface area (Å²) in [5, 5.41) is 10.4. The smallest absolute Gasteiger partial charge is 0.346 e. The first-order chi connectivity index (χ1) is 9.78. The molecule has 0 unspecified atom stereocenters. The van der Waals surface area contributed by atoms with Crippen LogP contribution in [0.15, 0.2) is 17.1 Å². The summed E-state index contributed by atoms with van der Waals surface area (Å²) >= 11 is 0. The quantitative estimate of drug-likeness (QED) is 0.898. The van der Waals surface area contributed by atoms with Gasteiger partial charge in [0.15, 0.2) is 0 Å². The number of aliphatic hydroxyl groups excluding tert-OH is 1. The normalized spacial score (nSPS) is 16.9. The van der Waals surface area contributed by atoms with Crippen LogP contribution in [0.25, 0.3) is 11.0 Å². The minimum Gasteiger partial charge on any atom is -0.390 e. The van der Waals surface area contributed by atoms with Gasteiger partial charge in [-0.3, -0.25) is 4.98 Å². The van der Waals surface area contributed by atoms with E-state index in [1.165, 1.54) is 32.1 Å². The molecule has 1 aliphatic rings. The van der Waals surface area contributed by atoms with E-state index in [0.717, 1.165) is 35.6 Å². The summed E-state index contributed by atoms with van der Waals surface area (Å²) in [7, 11) is 0. The summed E-state index contributed by atoms with van der Waals surface area (Å²) in [6.07, 6.45) is 9.35. The van der Waals surface area contributed by atoms with Crippen molar-refractivity contribution in [2.24, 2.45) is 5.92 Å². The zero-order valence-corrected chi connectivity index (χ0v) is 11.6. The lowest BCUT2D eigenvalue weighted by atomic mass is 9.87. The highest BCUT2D eigenvalue weighted by Gasteiger charge is 2.15. The van der Waals surface area contributed by atoms with Crippen molar-refractivity contribution in [1.29, 1.82) is 0 Å². The highest BCUT2D eigenvalue weighted by atomic mass is 16.3. The first-order valence-corrected chi connectivity index (χ1v) is 7.46. The molecule has 2 aromatic rings. The molecule has 2 heterocycles. The third kappa shape index (κ3) is 2.63. The van der Waals surface area contributed by atoms with Crippen LogP contribution in [-0.4, -0.2) is 19.6 Å². The maximum Gasteiger partial charge on any atom is 0.346 e. The molecule has 108 valence electrons. The molecular weight excluding hydrogens is 254 g/mol. The predicted octanol–water partition coefficient (Wildman–Crippen LogP) is 2.19. The molecule has 0 saturated heterocycles. The molecule has 1 aliphatic carbocycles. The van der Waals surface area contributed by atoms with Gasteiger partial charge in [0.05, 0.1) is 6.61 Å². The maximum absolute atomic E-state index is 11.4. The summed E-state index contributed by atoms with van der Waals surface area (Å²) in [4.78, 5) is 17.9. The Bertz CT molecular complexity index is 638. The van der Waals surface area contributed by atoms with Crippen LogP contribution in [-0.2, 0) is 13.2 Å². The number of hydrogen-bond acceptors (Lipinski definition) is 3. The molecule has 2 N–H and O–H groups in total. The van der Waals surface area contributed by atoms with E-state index >= 15 is 0 Å². The van der Waals surface area contributed by atoms with Crippen LogP contribution in [0.1, 0.15) is 44.2 Å². The van der Waals surface area contributed by atoms with E-state index in [2.05, 4.69) is 9.97 Å². The Morgan fingerprint density at radius 3 is 2.90 bits per heavy atom. The van der Waals surface area contributed by atoms with Gasteiger partial charge in [-0.25, -0.2) is 9.78 Å². The standard InChI is InChI=1S/C15H21N3O2/c19-10-13-8-12-9-16-15(20)17-14(12)18(13)7-6-11-4-2-1-3-5-11/h8-9,11,19H,1-7,10H2,(H,16,17,20). The summed E-state index contributed by atoms with van der Waals surface area (Å²) in [6, 6.07) is 1.90. The van der Waals surface area contributed by atoms with E-state index < -0.39 is 0 Å². The molecule has 0 amide bonds. The fourth-order valence-corrected chi connectivity index (χ4v) is 3.30. The third-order valence-corrected chi connectivity index (χ3v) is 4.41. The monoisotopic (exact) mass is 275 g/mol. The van der Waals surface area contributed by atoms with E-state index in [4.69, 9.17) is 0 Å². The summed E-state index contributed by atoms with van der Waals surface area (Å²) in [5.74, 6) is 0.779. The number of fused-ring (bicyclic) bond motifs is 1. The van der Waals surface area contributed by atoms with Crippen LogP contribution in [0, 0.1) is 5.92 Å². The zero-order chi connectivity index (χ0) is 13.9. The zero-order valence-electron chi connectivity index (χ0n) is 11.6. The summed E-state index contributed by atoms with van der Waals surface area (Å²) < 4.78 is 2.03. The first kappa shape index (κ1) is 13.4. The Labute approximate surface area is 117 Å². The molecule has 0 atom stereocenters. The van der Waals surface area contributed by atoms with Crippen LogP contribution in [0.4, 0.5) is 0 Å². The Kier molecular flexibility index (Phi) is 3.87. The van der Waals surface area contributed by atoms with Crippen molar-refractivity contribution >= 4 is 11.0 Å². The molecule has 0 aromatic carbocycles. The van der Waals surface area contributed by atoms with Crippen molar-refractivity contribution in [3.05, 3.63) is 28.4 Å². The number of aromatic nitrogens is 3. The number of aliphatic hydroxyl groups is 1. The van der Waals surface area contributed by atoms with Gasteiger partial charge in [0.1, 0.15) is 5.65 Å². The van der Waals surface area contributed by atoms with Gasteiger partial charge < -0.3 is 9.67 Å². The third-order valence-electron chi connectivity index (χ3n) is 4.41. The molecule has 0 bridgehead atoms. The second-order valence-corrected chi connectivity index (χ2v) is 5.73. The van der Waals surface area contributed by atoms with Gasteiger partial charge in [0.25, 0.3) is 0 Å². The second-order valence-electron chi connectivity index (χ2n) is 5.73. The Morgan fingerprint density at radius 2 is 2.15 bits per heavy atom. The molecule has 5 nitrogen and oxygen atoms in total. The molecular formula is C15H21N3O2. The van der Waals surface area contributed by atoms with E-state index in [-0.39, 0.29) is 12.3 Å². The molecule has 20 heavy (non-hydrogen) atoms. The van der Waals surface area contributed by atoms with Crippen molar-refractivity contribution in [3.8, 4) is 0 Å². The van der Waals surface area contributed by atoms with Gasteiger partial charge in [0, 0.05) is 23.8 Å². The maximum atomic E-state index is 11.4. The molecule has 3 rings (SSSR count). The average Bonchev–Trinajstić information content (AvgIpc) is 2.83. The topological polar surface area (TPSA) is 70.9 Å². The SMILES string of the molecule is O=c1ncc2cc(CO)n(CCC3CCCCC3)c2[nH]1. The average molecular weight is 275 g/mol.